The van der Waals surface area contributed by atoms with Gasteiger partial charge in [-0.1, -0.05) is 0 Å². The molecule has 17 heavy (non-hydrogen) atoms. The van der Waals surface area contributed by atoms with E-state index >= 15 is 0 Å². The van der Waals surface area contributed by atoms with Crippen LogP contribution >= 0.6 is 23.7 Å². The molecule has 0 saturated heterocycles. The van der Waals surface area contributed by atoms with Gasteiger partial charge in [-0.3, -0.25) is 4.79 Å². The molecule has 0 unspecified atom stereocenters. The van der Waals surface area contributed by atoms with E-state index in [1.54, 1.807) is 11.3 Å². The van der Waals surface area contributed by atoms with Crippen LogP contribution in [0.3, 0.4) is 0 Å². The van der Waals surface area contributed by atoms with Gasteiger partial charge in [-0.05, 0) is 18.7 Å². The molecule has 1 aromatic heterocycles. The molecule has 0 aromatic carbocycles. The van der Waals surface area contributed by atoms with Crippen LogP contribution in [-0.2, 0) is 17.8 Å². The van der Waals surface area contributed by atoms with E-state index in [0.29, 0.717) is 13.2 Å². The summed E-state index contributed by atoms with van der Waals surface area (Å²) < 4.78 is 5.35. The lowest BCUT2D eigenvalue weighted by atomic mass is 10.2. The lowest BCUT2D eigenvalue weighted by Crippen LogP contribution is -2.29. The number of likely N-dealkylation sites (N-methyl/N-ethyl adjacent to an activating group) is 1. The largest absolute Gasteiger partial charge is 0.376 e. The van der Waals surface area contributed by atoms with E-state index in [-0.39, 0.29) is 18.3 Å². The van der Waals surface area contributed by atoms with Crippen molar-refractivity contribution in [1.29, 1.82) is 0 Å². The quantitative estimate of drug-likeness (QED) is 0.813. The summed E-state index contributed by atoms with van der Waals surface area (Å²) in [5.74, 6) is 0.0228. The number of fused-ring (bicyclic) bond motifs is 1. The van der Waals surface area contributed by atoms with Crippen molar-refractivity contribution < 1.29 is 9.53 Å². The van der Waals surface area contributed by atoms with Crippen LogP contribution in [0.15, 0.2) is 6.07 Å². The minimum atomic E-state index is 0. The molecule has 0 spiro atoms. The van der Waals surface area contributed by atoms with Gasteiger partial charge >= 0.3 is 0 Å². The minimum Gasteiger partial charge on any atom is -0.376 e. The minimum absolute atomic E-state index is 0. The molecule has 0 aliphatic carbocycles. The topological polar surface area (TPSA) is 50.4 Å². The lowest BCUT2D eigenvalue weighted by molar-refractivity contribution is 0.0957. The second-order valence-electron chi connectivity index (χ2n) is 3.72. The molecule has 96 valence electrons. The first-order valence-corrected chi connectivity index (χ1v) is 6.25. The monoisotopic (exact) mass is 276 g/mol. The third kappa shape index (κ3) is 3.67. The Morgan fingerprint density at radius 3 is 3.06 bits per heavy atom. The van der Waals surface area contributed by atoms with Crippen LogP contribution in [-0.4, -0.2) is 32.7 Å². The summed E-state index contributed by atoms with van der Waals surface area (Å²) in [5, 5.41) is 5.87. The number of carbonyl (C=O) groups excluding carboxylic acids is 1. The third-order valence-electron chi connectivity index (χ3n) is 2.51. The number of carbonyl (C=O) groups is 1. The van der Waals surface area contributed by atoms with E-state index in [0.717, 1.165) is 24.4 Å². The summed E-state index contributed by atoms with van der Waals surface area (Å²) in [7, 11) is 1.87. The van der Waals surface area contributed by atoms with Gasteiger partial charge in [0.05, 0.1) is 18.1 Å². The van der Waals surface area contributed by atoms with E-state index in [1.165, 1.54) is 10.4 Å². The first kappa shape index (κ1) is 14.4. The van der Waals surface area contributed by atoms with Crippen LogP contribution in [0.1, 0.15) is 20.1 Å². The van der Waals surface area contributed by atoms with Gasteiger partial charge in [0.25, 0.3) is 5.91 Å². The number of thiophene rings is 1. The van der Waals surface area contributed by atoms with E-state index in [9.17, 15) is 4.79 Å². The van der Waals surface area contributed by atoms with Crippen LogP contribution in [0.5, 0.6) is 0 Å². The van der Waals surface area contributed by atoms with E-state index in [2.05, 4.69) is 10.6 Å². The van der Waals surface area contributed by atoms with Crippen molar-refractivity contribution in [2.24, 2.45) is 0 Å². The molecule has 6 heteroatoms. The molecule has 0 radical (unpaired) electrons. The van der Waals surface area contributed by atoms with E-state index in [4.69, 9.17) is 4.74 Å². The summed E-state index contributed by atoms with van der Waals surface area (Å²) >= 11 is 1.59. The Labute approximate surface area is 111 Å². The Bertz CT molecular complexity index is 358. The number of ether oxygens (including phenoxy) is 1. The zero-order valence-electron chi connectivity index (χ0n) is 9.75. The highest BCUT2D eigenvalue weighted by Crippen LogP contribution is 2.26. The van der Waals surface area contributed by atoms with Crippen LogP contribution in [0, 0.1) is 0 Å². The molecule has 1 aliphatic rings. The molecule has 0 fully saturated rings. The summed E-state index contributed by atoms with van der Waals surface area (Å²) in [6, 6.07) is 1.95. The van der Waals surface area contributed by atoms with Gasteiger partial charge < -0.3 is 15.4 Å². The third-order valence-corrected chi connectivity index (χ3v) is 3.75. The van der Waals surface area contributed by atoms with Gasteiger partial charge in [-0.15, -0.1) is 23.7 Å². The normalized spacial score (nSPS) is 13.7. The predicted molar refractivity (Wildman–Crippen MR) is 71.2 cm³/mol. The zero-order valence-corrected chi connectivity index (χ0v) is 11.4. The predicted octanol–water partition coefficient (Wildman–Crippen LogP) is 1.19. The Kier molecular flexibility index (Phi) is 5.91. The first-order valence-electron chi connectivity index (χ1n) is 5.43. The maximum atomic E-state index is 11.8. The second-order valence-corrected chi connectivity index (χ2v) is 4.86. The number of halogens is 1. The number of amides is 1. The number of rotatable bonds is 4. The van der Waals surface area contributed by atoms with Crippen molar-refractivity contribution in [3.63, 3.8) is 0 Å². The first-order chi connectivity index (χ1) is 7.81. The summed E-state index contributed by atoms with van der Waals surface area (Å²) in [6.07, 6.45) is 0.934. The van der Waals surface area contributed by atoms with Gasteiger partial charge in [0.2, 0.25) is 0 Å². The van der Waals surface area contributed by atoms with Crippen molar-refractivity contribution in [3.05, 3.63) is 21.4 Å². The van der Waals surface area contributed by atoms with Crippen molar-refractivity contribution >= 4 is 29.7 Å². The Hall–Kier alpha value is -0.620. The molecule has 0 bridgehead atoms. The van der Waals surface area contributed by atoms with Crippen LogP contribution in [0.4, 0.5) is 0 Å². The fraction of sp³-hybridized carbons (Fsp3) is 0.545. The van der Waals surface area contributed by atoms with Gasteiger partial charge in [0.15, 0.2) is 0 Å². The van der Waals surface area contributed by atoms with Crippen molar-refractivity contribution in [3.8, 4) is 0 Å². The van der Waals surface area contributed by atoms with Crippen LogP contribution in [0.25, 0.3) is 0 Å². The Balaban J connectivity index is 0.00000144. The maximum absolute atomic E-state index is 11.8. The SMILES string of the molecule is CNCCNC(=O)c1cc2c(s1)CCOC2.Cl. The van der Waals surface area contributed by atoms with Crippen molar-refractivity contribution in [2.75, 3.05) is 26.7 Å². The number of nitrogens with one attached hydrogen (secondary N) is 2. The van der Waals surface area contributed by atoms with E-state index < -0.39 is 0 Å². The van der Waals surface area contributed by atoms with Gasteiger partial charge in [-0.25, -0.2) is 0 Å². The van der Waals surface area contributed by atoms with Gasteiger partial charge in [0.1, 0.15) is 0 Å². The maximum Gasteiger partial charge on any atom is 0.261 e. The lowest BCUT2D eigenvalue weighted by Gasteiger charge is -2.10. The zero-order chi connectivity index (χ0) is 11.4. The smallest absolute Gasteiger partial charge is 0.261 e. The highest BCUT2D eigenvalue weighted by Gasteiger charge is 2.16. The fourth-order valence-electron chi connectivity index (χ4n) is 1.65. The number of hydrogen-bond acceptors (Lipinski definition) is 4. The summed E-state index contributed by atoms with van der Waals surface area (Å²) in [4.78, 5) is 13.9. The second kappa shape index (κ2) is 6.96. The molecule has 1 aliphatic heterocycles. The molecule has 4 nitrogen and oxygen atoms in total. The van der Waals surface area contributed by atoms with Gasteiger partial charge in [0, 0.05) is 24.4 Å². The molecule has 2 heterocycles. The van der Waals surface area contributed by atoms with Crippen LogP contribution < -0.4 is 10.6 Å². The van der Waals surface area contributed by atoms with Crippen molar-refractivity contribution in [2.45, 2.75) is 13.0 Å². The molecule has 0 saturated carbocycles. The number of hydrogen-bond donors (Lipinski definition) is 2. The Morgan fingerprint density at radius 2 is 2.35 bits per heavy atom. The average molecular weight is 277 g/mol. The molecule has 1 amide bonds. The van der Waals surface area contributed by atoms with Crippen LogP contribution in [0.2, 0.25) is 0 Å². The highest BCUT2D eigenvalue weighted by molar-refractivity contribution is 7.14. The molecule has 0 atom stereocenters. The molecule has 1 aromatic rings. The highest BCUT2D eigenvalue weighted by atomic mass is 35.5. The Morgan fingerprint density at radius 1 is 1.53 bits per heavy atom. The summed E-state index contributed by atoms with van der Waals surface area (Å²) in [5.41, 5.74) is 1.18. The molecular weight excluding hydrogens is 260 g/mol. The molecule has 2 N–H and O–H groups in total. The average Bonchev–Trinajstić information content (AvgIpc) is 2.73. The molecule has 2 rings (SSSR count). The molecular formula is C11H17ClN2O2S. The van der Waals surface area contributed by atoms with Gasteiger partial charge in [-0.2, -0.15) is 0 Å². The fourth-order valence-corrected chi connectivity index (χ4v) is 2.71. The van der Waals surface area contributed by atoms with Crippen molar-refractivity contribution in [1.82, 2.24) is 10.6 Å². The van der Waals surface area contributed by atoms with E-state index in [1.807, 2.05) is 13.1 Å². The standard InChI is InChI=1S/C11H16N2O2S.ClH/c1-12-3-4-13-11(14)10-6-8-7-15-5-2-9(8)16-10;/h6,12H,2-5,7H2,1H3,(H,13,14);1H. The summed E-state index contributed by atoms with van der Waals surface area (Å²) in [6.45, 7) is 2.87.